The van der Waals surface area contributed by atoms with Crippen molar-refractivity contribution in [1.82, 2.24) is 14.5 Å². The number of rotatable bonds is 7. The molecule has 2 aromatic heterocycles. The molecule has 0 saturated heterocycles. The first-order chi connectivity index (χ1) is 11.8. The van der Waals surface area contributed by atoms with Gasteiger partial charge in [0.05, 0.1) is 18.0 Å². The molecule has 2 heterocycles. The lowest BCUT2D eigenvalue weighted by atomic mass is 10.2. The van der Waals surface area contributed by atoms with Crippen LogP contribution in [0.1, 0.15) is 11.3 Å². The SMILES string of the molecule is O=C(CSCc1ccccn1)Nc1nccn1Cc1ccccc1. The molecule has 3 aromatic rings. The fourth-order valence-electron chi connectivity index (χ4n) is 2.23. The van der Waals surface area contributed by atoms with Gasteiger partial charge in [-0.1, -0.05) is 36.4 Å². The van der Waals surface area contributed by atoms with E-state index in [1.807, 2.05) is 59.3 Å². The van der Waals surface area contributed by atoms with Gasteiger partial charge in [0.25, 0.3) is 0 Å². The molecule has 1 amide bonds. The fraction of sp³-hybridized carbons (Fsp3) is 0.167. The Kier molecular flexibility index (Phi) is 5.63. The number of imidazole rings is 1. The highest BCUT2D eigenvalue weighted by molar-refractivity contribution is 7.99. The van der Waals surface area contributed by atoms with E-state index < -0.39 is 0 Å². The third-order valence-electron chi connectivity index (χ3n) is 3.37. The van der Waals surface area contributed by atoms with Crippen LogP contribution in [-0.2, 0) is 17.1 Å². The number of nitrogens with zero attached hydrogens (tertiary/aromatic N) is 3. The maximum absolute atomic E-state index is 12.1. The first-order valence-electron chi connectivity index (χ1n) is 7.64. The van der Waals surface area contributed by atoms with Crippen LogP contribution in [0.2, 0.25) is 0 Å². The molecule has 6 heteroatoms. The number of hydrogen-bond donors (Lipinski definition) is 1. The zero-order valence-electron chi connectivity index (χ0n) is 13.1. The molecular formula is C18H18N4OS. The fourth-order valence-corrected chi connectivity index (χ4v) is 2.97. The van der Waals surface area contributed by atoms with Gasteiger partial charge in [-0.3, -0.25) is 15.1 Å². The van der Waals surface area contributed by atoms with Crippen LogP contribution in [0, 0.1) is 0 Å². The van der Waals surface area contributed by atoms with Crippen molar-refractivity contribution in [3.63, 3.8) is 0 Å². The van der Waals surface area contributed by atoms with E-state index in [-0.39, 0.29) is 5.91 Å². The summed E-state index contributed by atoms with van der Waals surface area (Å²) in [5.41, 5.74) is 2.14. The Labute approximate surface area is 145 Å². The van der Waals surface area contributed by atoms with Gasteiger partial charge >= 0.3 is 0 Å². The summed E-state index contributed by atoms with van der Waals surface area (Å²) in [6.45, 7) is 0.678. The Hall–Kier alpha value is -2.60. The van der Waals surface area contributed by atoms with Gasteiger partial charge in [0.1, 0.15) is 0 Å². The minimum Gasteiger partial charge on any atom is -0.313 e. The zero-order valence-corrected chi connectivity index (χ0v) is 13.9. The second kappa shape index (κ2) is 8.31. The van der Waals surface area contributed by atoms with Gasteiger partial charge in [0.2, 0.25) is 11.9 Å². The van der Waals surface area contributed by atoms with Crippen LogP contribution in [0.3, 0.4) is 0 Å². The molecule has 24 heavy (non-hydrogen) atoms. The van der Waals surface area contributed by atoms with Crippen LogP contribution in [0.15, 0.2) is 67.1 Å². The zero-order chi connectivity index (χ0) is 16.6. The molecule has 0 unspecified atom stereocenters. The predicted molar refractivity (Wildman–Crippen MR) is 96.8 cm³/mol. The van der Waals surface area contributed by atoms with Gasteiger partial charge in [-0.15, -0.1) is 11.8 Å². The lowest BCUT2D eigenvalue weighted by Gasteiger charge is -2.09. The highest BCUT2D eigenvalue weighted by Crippen LogP contribution is 2.12. The highest BCUT2D eigenvalue weighted by atomic mass is 32.2. The number of carbonyl (C=O) groups is 1. The molecule has 0 aliphatic rings. The quantitative estimate of drug-likeness (QED) is 0.719. The van der Waals surface area contributed by atoms with Crippen LogP contribution in [0.25, 0.3) is 0 Å². The van der Waals surface area contributed by atoms with Gasteiger partial charge in [-0.2, -0.15) is 0 Å². The summed E-state index contributed by atoms with van der Waals surface area (Å²) < 4.78 is 1.93. The number of aromatic nitrogens is 3. The van der Waals surface area contributed by atoms with Gasteiger partial charge in [-0.25, -0.2) is 4.98 Å². The summed E-state index contributed by atoms with van der Waals surface area (Å²) in [6.07, 6.45) is 5.32. The number of carbonyl (C=O) groups excluding carboxylic acids is 1. The highest BCUT2D eigenvalue weighted by Gasteiger charge is 2.08. The standard InChI is InChI=1S/C18H18N4OS/c23-17(14-24-13-16-8-4-5-9-19-16)21-18-20-10-11-22(18)12-15-6-2-1-3-7-15/h1-11H,12-14H2,(H,20,21,23). The van der Waals surface area contributed by atoms with Crippen molar-refractivity contribution in [1.29, 1.82) is 0 Å². The number of pyridine rings is 1. The molecule has 0 spiro atoms. The minimum atomic E-state index is -0.0588. The number of hydrogen-bond acceptors (Lipinski definition) is 4. The number of amides is 1. The Morgan fingerprint density at radius 2 is 1.88 bits per heavy atom. The topological polar surface area (TPSA) is 59.8 Å². The second-order valence-corrected chi connectivity index (χ2v) is 6.21. The molecule has 1 N–H and O–H groups in total. The summed E-state index contributed by atoms with van der Waals surface area (Å²) in [5, 5.41) is 2.87. The molecule has 1 aromatic carbocycles. The Balaban J connectivity index is 1.51. The number of thioether (sulfide) groups is 1. The third kappa shape index (κ3) is 4.70. The maximum atomic E-state index is 12.1. The molecule has 122 valence electrons. The summed E-state index contributed by atoms with van der Waals surface area (Å²) in [7, 11) is 0. The van der Waals surface area contributed by atoms with Crippen molar-refractivity contribution >= 4 is 23.6 Å². The van der Waals surface area contributed by atoms with Crippen molar-refractivity contribution < 1.29 is 4.79 Å². The van der Waals surface area contributed by atoms with E-state index in [9.17, 15) is 4.79 Å². The number of benzene rings is 1. The van der Waals surface area contributed by atoms with Crippen molar-refractivity contribution in [2.24, 2.45) is 0 Å². The van der Waals surface area contributed by atoms with E-state index >= 15 is 0 Å². The van der Waals surface area contributed by atoms with E-state index in [0.29, 0.717) is 24.0 Å². The second-order valence-electron chi connectivity index (χ2n) is 5.23. The monoisotopic (exact) mass is 338 g/mol. The van der Waals surface area contributed by atoms with E-state index in [1.54, 1.807) is 12.4 Å². The average molecular weight is 338 g/mol. The smallest absolute Gasteiger partial charge is 0.236 e. The lowest BCUT2D eigenvalue weighted by molar-refractivity contribution is -0.113. The molecule has 0 aliphatic carbocycles. The predicted octanol–water partition coefficient (Wildman–Crippen LogP) is 3.20. The van der Waals surface area contributed by atoms with Crippen LogP contribution in [0.5, 0.6) is 0 Å². The van der Waals surface area contributed by atoms with Gasteiger partial charge in [0, 0.05) is 24.3 Å². The Bertz CT molecular complexity index is 774. The summed E-state index contributed by atoms with van der Waals surface area (Å²) in [4.78, 5) is 20.6. The van der Waals surface area contributed by atoms with Crippen molar-refractivity contribution in [2.45, 2.75) is 12.3 Å². The van der Waals surface area contributed by atoms with Crippen molar-refractivity contribution in [3.05, 3.63) is 78.4 Å². The molecule has 0 atom stereocenters. The molecule has 0 fully saturated rings. The lowest BCUT2D eigenvalue weighted by Crippen LogP contribution is -2.18. The normalized spacial score (nSPS) is 10.5. The largest absolute Gasteiger partial charge is 0.313 e. The molecule has 0 saturated carbocycles. The van der Waals surface area contributed by atoms with Gasteiger partial charge in [-0.05, 0) is 17.7 Å². The molecule has 5 nitrogen and oxygen atoms in total. The minimum absolute atomic E-state index is 0.0588. The van der Waals surface area contributed by atoms with Crippen LogP contribution < -0.4 is 5.32 Å². The molecule has 0 radical (unpaired) electrons. The summed E-state index contributed by atoms with van der Waals surface area (Å²) in [5.74, 6) is 1.60. The van der Waals surface area contributed by atoms with Crippen LogP contribution in [0.4, 0.5) is 5.95 Å². The van der Waals surface area contributed by atoms with Gasteiger partial charge < -0.3 is 4.57 Å². The Morgan fingerprint density at radius 3 is 2.67 bits per heavy atom. The molecular weight excluding hydrogens is 320 g/mol. The summed E-state index contributed by atoms with van der Waals surface area (Å²) in [6, 6.07) is 15.9. The van der Waals surface area contributed by atoms with Crippen molar-refractivity contribution in [2.75, 3.05) is 11.1 Å². The van der Waals surface area contributed by atoms with Crippen LogP contribution in [-0.4, -0.2) is 26.2 Å². The third-order valence-corrected chi connectivity index (χ3v) is 4.34. The maximum Gasteiger partial charge on any atom is 0.236 e. The molecule has 3 rings (SSSR count). The van der Waals surface area contributed by atoms with E-state index in [0.717, 1.165) is 11.3 Å². The molecule has 0 aliphatic heterocycles. The first kappa shape index (κ1) is 16.3. The summed E-state index contributed by atoms with van der Waals surface area (Å²) >= 11 is 1.53. The van der Waals surface area contributed by atoms with Gasteiger partial charge in [0.15, 0.2) is 0 Å². The van der Waals surface area contributed by atoms with Crippen LogP contribution >= 0.6 is 11.8 Å². The number of anilines is 1. The van der Waals surface area contributed by atoms with E-state index in [2.05, 4.69) is 15.3 Å². The molecule has 0 bridgehead atoms. The number of nitrogens with one attached hydrogen (secondary N) is 1. The van der Waals surface area contributed by atoms with E-state index in [1.165, 1.54) is 11.8 Å². The average Bonchev–Trinajstić information content (AvgIpc) is 3.03. The Morgan fingerprint density at radius 1 is 1.04 bits per heavy atom. The first-order valence-corrected chi connectivity index (χ1v) is 8.79. The van der Waals surface area contributed by atoms with Crippen molar-refractivity contribution in [3.8, 4) is 0 Å². The van der Waals surface area contributed by atoms with E-state index in [4.69, 9.17) is 0 Å².